The second-order valence-corrected chi connectivity index (χ2v) is 24.1. The summed E-state index contributed by atoms with van der Waals surface area (Å²) in [5.74, 6) is -1.40. The van der Waals surface area contributed by atoms with Crippen molar-refractivity contribution in [1.29, 1.82) is 0 Å². The lowest BCUT2D eigenvalue weighted by atomic mass is 10.0. The molecule has 0 fully saturated rings. The molecule has 0 aliphatic heterocycles. The van der Waals surface area contributed by atoms with Crippen LogP contribution in [0.3, 0.4) is 0 Å². The van der Waals surface area contributed by atoms with Gasteiger partial charge < -0.3 is 33.8 Å². The van der Waals surface area contributed by atoms with Crippen molar-refractivity contribution in [3.8, 4) is 0 Å². The quantitative estimate of drug-likeness (QED) is 0.0222. The second kappa shape index (κ2) is 51.2. The van der Waals surface area contributed by atoms with E-state index >= 15 is 0 Å². The molecule has 0 rings (SSSR count). The van der Waals surface area contributed by atoms with E-state index in [2.05, 4.69) is 34.6 Å². The molecular weight excluding hydrogens is 1020 g/mol. The van der Waals surface area contributed by atoms with Crippen LogP contribution >= 0.6 is 15.6 Å². The Morgan fingerprint density at radius 1 is 0.355 bits per heavy atom. The molecule has 17 nitrogen and oxygen atoms in total. The van der Waals surface area contributed by atoms with Gasteiger partial charge in [-0.25, -0.2) is 9.13 Å². The van der Waals surface area contributed by atoms with Crippen molar-refractivity contribution in [2.45, 2.75) is 297 Å². The highest BCUT2D eigenvalue weighted by molar-refractivity contribution is 7.47. The molecule has 3 N–H and O–H groups in total. The first kappa shape index (κ1) is 74.1. The molecule has 2 unspecified atom stereocenters. The van der Waals surface area contributed by atoms with Crippen molar-refractivity contribution in [3.63, 3.8) is 0 Å². The minimum absolute atomic E-state index is 0.104. The predicted octanol–water partition coefficient (Wildman–Crippen LogP) is 15.1. The van der Waals surface area contributed by atoms with E-state index in [-0.39, 0.29) is 25.7 Å². The highest BCUT2D eigenvalue weighted by atomic mass is 31.2. The van der Waals surface area contributed by atoms with Crippen LogP contribution in [0.5, 0.6) is 0 Å². The molecule has 0 bridgehead atoms. The number of phosphoric ester groups is 2. The number of phosphoric acid groups is 2. The van der Waals surface area contributed by atoms with E-state index in [1.807, 2.05) is 0 Å². The van der Waals surface area contributed by atoms with Crippen LogP contribution in [0.25, 0.3) is 0 Å². The number of carbonyl (C=O) groups is 4. The SMILES string of the molecule is CCCCCCCCCCCCC(=O)OC[C@H](COP(=O)(O)OC[C@@H](O)COP(=O)(O)OC[C@@H](COC(=O)CCCCCCC)OC(=O)CCCCCCCCCC)OC(=O)CCCCCCCCCCCCC(C)C. The van der Waals surface area contributed by atoms with Gasteiger partial charge in [0.25, 0.3) is 0 Å². The van der Waals surface area contributed by atoms with Crippen LogP contribution in [0.4, 0.5) is 0 Å². The molecule has 0 saturated heterocycles. The van der Waals surface area contributed by atoms with Gasteiger partial charge in [0.15, 0.2) is 12.2 Å². The van der Waals surface area contributed by atoms with Gasteiger partial charge >= 0.3 is 39.5 Å². The van der Waals surface area contributed by atoms with Crippen LogP contribution in [-0.2, 0) is 65.4 Å². The maximum Gasteiger partial charge on any atom is 0.472 e. The number of aliphatic hydroxyl groups is 1. The normalized spacial score (nSPS) is 14.4. The number of aliphatic hydroxyl groups excluding tert-OH is 1. The zero-order chi connectivity index (χ0) is 56.4. The summed E-state index contributed by atoms with van der Waals surface area (Å²) in [6, 6.07) is 0. The lowest BCUT2D eigenvalue weighted by Crippen LogP contribution is -2.30. The fourth-order valence-electron chi connectivity index (χ4n) is 8.34. The van der Waals surface area contributed by atoms with E-state index < -0.39 is 97.5 Å². The molecule has 0 aromatic carbocycles. The van der Waals surface area contributed by atoms with Gasteiger partial charge in [0, 0.05) is 25.7 Å². The summed E-state index contributed by atoms with van der Waals surface area (Å²) in [5, 5.41) is 10.5. The first-order valence-corrected chi connectivity index (χ1v) is 33.1. The Kier molecular flexibility index (Phi) is 49.9. The van der Waals surface area contributed by atoms with Crippen molar-refractivity contribution in [1.82, 2.24) is 0 Å². The Morgan fingerprint density at radius 2 is 0.605 bits per heavy atom. The summed E-state index contributed by atoms with van der Waals surface area (Å²) in [5.41, 5.74) is 0. The summed E-state index contributed by atoms with van der Waals surface area (Å²) in [7, 11) is -9.86. The van der Waals surface area contributed by atoms with Crippen molar-refractivity contribution in [2.75, 3.05) is 39.6 Å². The number of carbonyl (C=O) groups excluding carboxylic acids is 4. The zero-order valence-electron chi connectivity index (χ0n) is 48.4. The van der Waals surface area contributed by atoms with Crippen molar-refractivity contribution >= 4 is 39.5 Å². The van der Waals surface area contributed by atoms with Gasteiger partial charge in [-0.2, -0.15) is 0 Å². The third-order valence-corrected chi connectivity index (χ3v) is 14.9. The summed E-state index contributed by atoms with van der Waals surface area (Å²) < 4.78 is 67.4. The van der Waals surface area contributed by atoms with Crippen LogP contribution in [0, 0.1) is 5.92 Å². The van der Waals surface area contributed by atoms with Crippen LogP contribution < -0.4 is 0 Å². The standard InChI is InChI=1S/C57H110O17P2/c1-6-9-12-15-17-19-23-27-31-36-41-55(60)68-47-53(74-57(62)43-38-33-28-24-21-20-22-25-30-34-39-50(4)5)49-72-76(65,66)70-45-51(58)44-69-75(63,64)71-48-52(46-67-54(59)40-35-29-14-11-8-3)73-56(61)42-37-32-26-18-16-13-10-7-2/h50-53,58H,6-49H2,1-5H3,(H,63,64)(H,65,66)/t51-,52+,53+/m0/s1. The highest BCUT2D eigenvalue weighted by Crippen LogP contribution is 2.45. The molecule has 0 aliphatic carbocycles. The Bertz CT molecular complexity index is 1500. The van der Waals surface area contributed by atoms with Crippen LogP contribution in [0.1, 0.15) is 279 Å². The number of rotatable bonds is 57. The Labute approximate surface area is 460 Å². The molecule has 450 valence electrons. The molecule has 76 heavy (non-hydrogen) atoms. The van der Waals surface area contributed by atoms with Crippen LogP contribution in [-0.4, -0.2) is 96.7 Å². The Hall–Kier alpha value is -1.94. The van der Waals surface area contributed by atoms with Gasteiger partial charge in [-0.15, -0.1) is 0 Å². The lowest BCUT2D eigenvalue weighted by Gasteiger charge is -2.21. The molecule has 0 saturated carbocycles. The largest absolute Gasteiger partial charge is 0.472 e. The molecule has 0 aliphatic rings. The maximum atomic E-state index is 12.9. The lowest BCUT2D eigenvalue weighted by molar-refractivity contribution is -0.161. The molecule has 5 atom stereocenters. The monoisotopic (exact) mass is 1130 g/mol. The number of ether oxygens (including phenoxy) is 4. The van der Waals surface area contributed by atoms with Gasteiger partial charge in [0.1, 0.15) is 19.3 Å². The minimum atomic E-state index is -4.93. The van der Waals surface area contributed by atoms with Crippen molar-refractivity contribution in [3.05, 3.63) is 0 Å². The van der Waals surface area contributed by atoms with E-state index in [4.69, 9.17) is 37.0 Å². The number of hydrogen-bond acceptors (Lipinski definition) is 15. The first-order valence-electron chi connectivity index (χ1n) is 30.1. The van der Waals surface area contributed by atoms with Gasteiger partial charge in [-0.1, -0.05) is 227 Å². The van der Waals surface area contributed by atoms with E-state index in [0.717, 1.165) is 109 Å². The number of hydrogen-bond donors (Lipinski definition) is 3. The van der Waals surface area contributed by atoms with Crippen LogP contribution in [0.2, 0.25) is 0 Å². The summed E-state index contributed by atoms with van der Waals surface area (Å²) in [6.45, 7) is 7.01. The van der Waals surface area contributed by atoms with Crippen molar-refractivity contribution < 1.29 is 80.2 Å². The molecule has 0 radical (unpaired) electrons. The minimum Gasteiger partial charge on any atom is -0.462 e. The second-order valence-electron chi connectivity index (χ2n) is 21.2. The Balaban J connectivity index is 5.17. The molecular formula is C57H110O17P2. The third kappa shape index (κ3) is 51.5. The van der Waals surface area contributed by atoms with Gasteiger partial charge in [-0.05, 0) is 31.6 Å². The predicted molar refractivity (Wildman–Crippen MR) is 298 cm³/mol. The zero-order valence-corrected chi connectivity index (χ0v) is 50.2. The van der Waals surface area contributed by atoms with E-state index in [1.165, 1.54) is 89.9 Å². The molecule has 0 amide bonds. The molecule has 0 aromatic rings. The average molecular weight is 1130 g/mol. The number of unbranched alkanes of at least 4 members (excludes halogenated alkanes) is 29. The van der Waals surface area contributed by atoms with E-state index in [1.54, 1.807) is 0 Å². The van der Waals surface area contributed by atoms with Gasteiger partial charge in [0.2, 0.25) is 0 Å². The average Bonchev–Trinajstić information content (AvgIpc) is 3.38. The Morgan fingerprint density at radius 3 is 0.895 bits per heavy atom. The van der Waals surface area contributed by atoms with Crippen LogP contribution in [0.15, 0.2) is 0 Å². The maximum absolute atomic E-state index is 12.9. The third-order valence-electron chi connectivity index (χ3n) is 13.0. The molecule has 19 heteroatoms. The summed E-state index contributed by atoms with van der Waals surface area (Å²) in [6.07, 6.45) is 32.4. The topological polar surface area (TPSA) is 237 Å². The smallest absolute Gasteiger partial charge is 0.462 e. The highest BCUT2D eigenvalue weighted by Gasteiger charge is 2.30. The molecule has 0 spiro atoms. The molecule has 0 heterocycles. The fraction of sp³-hybridized carbons (Fsp3) is 0.930. The van der Waals surface area contributed by atoms with Crippen molar-refractivity contribution in [2.24, 2.45) is 5.92 Å². The van der Waals surface area contributed by atoms with Gasteiger partial charge in [0.05, 0.1) is 26.4 Å². The number of esters is 4. The summed E-state index contributed by atoms with van der Waals surface area (Å²) >= 11 is 0. The van der Waals surface area contributed by atoms with Gasteiger partial charge in [-0.3, -0.25) is 37.3 Å². The van der Waals surface area contributed by atoms with E-state index in [0.29, 0.717) is 25.7 Å². The first-order chi connectivity index (χ1) is 36.5. The fourth-order valence-corrected chi connectivity index (χ4v) is 9.92. The summed E-state index contributed by atoms with van der Waals surface area (Å²) in [4.78, 5) is 71.5. The molecule has 0 aromatic heterocycles. The van der Waals surface area contributed by atoms with E-state index in [9.17, 15) is 43.2 Å².